The van der Waals surface area contributed by atoms with Gasteiger partial charge in [0.25, 0.3) is 11.8 Å². The second kappa shape index (κ2) is 8.37. The van der Waals surface area contributed by atoms with Crippen molar-refractivity contribution in [3.8, 4) is 0 Å². The number of nitrogens with two attached hydrogens (primary N) is 1. The quantitative estimate of drug-likeness (QED) is 0.425. The number of nitrogens with one attached hydrogen (secondary N) is 2. The molecular formula is C27H27N7O4. The average Bonchev–Trinajstić information content (AvgIpc) is 3.60. The smallest absolute Gasteiger partial charge is 0.262 e. The van der Waals surface area contributed by atoms with E-state index in [2.05, 4.69) is 20.3 Å². The molecule has 2 saturated carbocycles. The lowest BCUT2D eigenvalue weighted by atomic mass is 9.80. The summed E-state index contributed by atoms with van der Waals surface area (Å²) >= 11 is 0. The number of aromatic nitrogens is 3. The van der Waals surface area contributed by atoms with Crippen LogP contribution in [0.5, 0.6) is 0 Å². The summed E-state index contributed by atoms with van der Waals surface area (Å²) < 4.78 is 2.05. The molecule has 0 bridgehead atoms. The van der Waals surface area contributed by atoms with Gasteiger partial charge in [-0.25, -0.2) is 9.67 Å². The predicted molar refractivity (Wildman–Crippen MR) is 137 cm³/mol. The van der Waals surface area contributed by atoms with Crippen molar-refractivity contribution in [1.29, 1.82) is 0 Å². The Labute approximate surface area is 217 Å². The van der Waals surface area contributed by atoms with Crippen molar-refractivity contribution in [2.75, 3.05) is 17.6 Å². The molecule has 7 rings (SSSR count). The van der Waals surface area contributed by atoms with E-state index in [1.54, 1.807) is 24.4 Å². The number of hydrogen-bond donors (Lipinski definition) is 3. The molecule has 1 atom stereocenters. The zero-order valence-corrected chi connectivity index (χ0v) is 20.6. The van der Waals surface area contributed by atoms with Crippen molar-refractivity contribution in [3.05, 3.63) is 47.3 Å². The summed E-state index contributed by atoms with van der Waals surface area (Å²) in [6.45, 7) is 0.721. The predicted octanol–water partition coefficient (Wildman–Crippen LogP) is 2.36. The lowest BCUT2D eigenvalue weighted by Crippen LogP contribution is -2.54. The number of carbonyl (C=O) groups excluding carboxylic acids is 4. The highest BCUT2D eigenvalue weighted by Crippen LogP contribution is 2.46. The monoisotopic (exact) mass is 513 g/mol. The first-order chi connectivity index (χ1) is 18.4. The minimum absolute atomic E-state index is 0.0959. The Hall–Kier alpha value is -4.28. The molecule has 3 aromatic rings. The van der Waals surface area contributed by atoms with Crippen LogP contribution in [-0.2, 0) is 9.59 Å². The molecule has 2 aliphatic carbocycles. The molecule has 4 amide bonds. The van der Waals surface area contributed by atoms with Gasteiger partial charge in [-0.1, -0.05) is 0 Å². The molecule has 3 fully saturated rings. The third-order valence-electron chi connectivity index (χ3n) is 8.21. The van der Waals surface area contributed by atoms with Gasteiger partial charge in [-0.3, -0.25) is 29.4 Å². The molecular weight excluding hydrogens is 486 g/mol. The number of piperidine rings is 1. The first-order valence-corrected chi connectivity index (χ1v) is 13.1. The van der Waals surface area contributed by atoms with Gasteiger partial charge in [-0.05, 0) is 62.3 Å². The molecule has 11 heteroatoms. The number of nitrogen functional groups attached to an aromatic ring is 1. The molecule has 2 aliphatic heterocycles. The van der Waals surface area contributed by atoms with E-state index in [9.17, 15) is 19.2 Å². The number of carbonyl (C=O) groups is 4. The van der Waals surface area contributed by atoms with Crippen LogP contribution < -0.4 is 16.4 Å². The minimum Gasteiger partial charge on any atom is -0.398 e. The van der Waals surface area contributed by atoms with Crippen molar-refractivity contribution < 1.29 is 19.2 Å². The van der Waals surface area contributed by atoms with Crippen LogP contribution in [0.2, 0.25) is 0 Å². The first kappa shape index (κ1) is 22.9. The standard InChI is InChI=1S/C27H27N7O4/c28-19-7-8-29-24-22(19)23(14-1-2-14)32-34(24)16-9-13(10-16)12-30-15-3-4-17-18(11-15)27(38)33(26(17)37)20-5-6-21(35)31-25(20)36/h3-4,7-8,11,13-14,16,20,30H,1-2,5-6,9-10,12H2,(H2,28,29)(H,31,35,36)/t13-,16-,20?. The lowest BCUT2D eigenvalue weighted by Gasteiger charge is -2.35. The van der Waals surface area contributed by atoms with Gasteiger partial charge in [0.2, 0.25) is 11.8 Å². The van der Waals surface area contributed by atoms with Crippen molar-refractivity contribution in [2.45, 2.75) is 56.5 Å². The molecule has 38 heavy (non-hydrogen) atoms. The third-order valence-corrected chi connectivity index (χ3v) is 8.21. The van der Waals surface area contributed by atoms with E-state index in [0.717, 1.165) is 65.2 Å². The first-order valence-electron chi connectivity index (χ1n) is 13.1. The summed E-state index contributed by atoms with van der Waals surface area (Å²) in [5.74, 6) is -1.09. The molecule has 194 valence electrons. The Morgan fingerprint density at radius 1 is 1.03 bits per heavy atom. The molecule has 1 aromatic carbocycles. The van der Waals surface area contributed by atoms with Crippen LogP contribution in [0.3, 0.4) is 0 Å². The zero-order chi connectivity index (χ0) is 26.1. The normalized spacial score (nSPS) is 24.9. The van der Waals surface area contributed by atoms with E-state index in [4.69, 9.17) is 10.8 Å². The molecule has 0 radical (unpaired) electrons. The van der Waals surface area contributed by atoms with Crippen LogP contribution in [0, 0.1) is 5.92 Å². The molecule has 4 heterocycles. The van der Waals surface area contributed by atoms with Gasteiger partial charge in [0.05, 0.1) is 28.2 Å². The van der Waals surface area contributed by atoms with Crippen LogP contribution in [-0.4, -0.2) is 55.9 Å². The molecule has 0 spiro atoms. The Morgan fingerprint density at radius 3 is 2.58 bits per heavy atom. The lowest BCUT2D eigenvalue weighted by molar-refractivity contribution is -0.136. The van der Waals surface area contributed by atoms with Gasteiger partial charge < -0.3 is 11.1 Å². The maximum absolute atomic E-state index is 13.1. The topological polar surface area (TPSA) is 152 Å². The zero-order valence-electron chi connectivity index (χ0n) is 20.6. The van der Waals surface area contributed by atoms with E-state index in [1.807, 2.05) is 6.07 Å². The highest BCUT2D eigenvalue weighted by atomic mass is 16.2. The largest absolute Gasteiger partial charge is 0.398 e. The van der Waals surface area contributed by atoms with Crippen molar-refractivity contribution in [3.63, 3.8) is 0 Å². The van der Waals surface area contributed by atoms with Crippen LogP contribution in [0.4, 0.5) is 11.4 Å². The highest BCUT2D eigenvalue weighted by Gasteiger charge is 2.44. The van der Waals surface area contributed by atoms with Crippen molar-refractivity contribution in [2.24, 2.45) is 5.92 Å². The summed E-state index contributed by atoms with van der Waals surface area (Å²) in [5, 5.41) is 11.5. The Balaban J connectivity index is 1.01. The number of benzene rings is 1. The summed E-state index contributed by atoms with van der Waals surface area (Å²) in [4.78, 5) is 55.3. The van der Waals surface area contributed by atoms with Gasteiger partial charge in [-0.15, -0.1) is 0 Å². The molecule has 2 aromatic heterocycles. The van der Waals surface area contributed by atoms with Gasteiger partial charge >= 0.3 is 0 Å². The maximum atomic E-state index is 13.1. The Morgan fingerprint density at radius 2 is 1.82 bits per heavy atom. The van der Waals surface area contributed by atoms with Crippen LogP contribution >= 0.6 is 0 Å². The fraction of sp³-hybridized carbons (Fsp3) is 0.407. The number of rotatable bonds is 6. The van der Waals surface area contributed by atoms with Crippen LogP contribution in [0.1, 0.15) is 76.9 Å². The van der Waals surface area contributed by atoms with Gasteiger partial charge in [-0.2, -0.15) is 5.10 Å². The second-order valence-corrected chi connectivity index (χ2v) is 10.8. The maximum Gasteiger partial charge on any atom is 0.262 e. The number of hydrogen-bond acceptors (Lipinski definition) is 8. The summed E-state index contributed by atoms with van der Waals surface area (Å²) in [5.41, 5.74) is 10.2. The van der Waals surface area contributed by atoms with E-state index >= 15 is 0 Å². The Kier molecular flexibility index (Phi) is 5.04. The average molecular weight is 514 g/mol. The summed E-state index contributed by atoms with van der Waals surface area (Å²) in [6, 6.07) is 6.22. The van der Waals surface area contributed by atoms with E-state index < -0.39 is 29.7 Å². The number of nitrogens with zero attached hydrogens (tertiary/aromatic N) is 4. The molecule has 4 aliphatic rings. The number of imide groups is 2. The number of fused-ring (bicyclic) bond motifs is 2. The van der Waals surface area contributed by atoms with E-state index in [0.29, 0.717) is 11.8 Å². The SMILES string of the molecule is Nc1ccnc2c1c(C1CC1)nn2[C@H]1C[C@H](CNc2ccc3c(c2)C(=O)N(C2CCC(=O)NC2=O)C3=O)C1. The fourth-order valence-electron chi connectivity index (χ4n) is 5.92. The van der Waals surface area contributed by atoms with Gasteiger partial charge in [0.1, 0.15) is 6.04 Å². The summed E-state index contributed by atoms with van der Waals surface area (Å²) in [6.07, 6.45) is 6.19. The molecule has 1 saturated heterocycles. The molecule has 1 unspecified atom stereocenters. The highest BCUT2D eigenvalue weighted by molar-refractivity contribution is 6.23. The van der Waals surface area contributed by atoms with Gasteiger partial charge in [0, 0.05) is 36.5 Å². The fourth-order valence-corrected chi connectivity index (χ4v) is 5.92. The summed E-state index contributed by atoms with van der Waals surface area (Å²) in [7, 11) is 0. The van der Waals surface area contributed by atoms with Crippen LogP contribution in [0.25, 0.3) is 11.0 Å². The third kappa shape index (κ3) is 3.56. The van der Waals surface area contributed by atoms with Crippen molar-refractivity contribution in [1.82, 2.24) is 25.0 Å². The molecule has 4 N–H and O–H groups in total. The number of amides is 4. The number of pyridine rings is 1. The minimum atomic E-state index is -0.966. The van der Waals surface area contributed by atoms with Gasteiger partial charge in [0.15, 0.2) is 5.65 Å². The number of anilines is 2. The Bertz CT molecular complexity index is 1540. The van der Waals surface area contributed by atoms with Crippen LogP contribution in [0.15, 0.2) is 30.5 Å². The van der Waals surface area contributed by atoms with Crippen molar-refractivity contribution >= 4 is 46.0 Å². The van der Waals surface area contributed by atoms with E-state index in [1.165, 1.54) is 0 Å². The molecule has 11 nitrogen and oxygen atoms in total. The second-order valence-electron chi connectivity index (χ2n) is 10.8. The van der Waals surface area contributed by atoms with E-state index in [-0.39, 0.29) is 30.0 Å².